The van der Waals surface area contributed by atoms with Gasteiger partial charge >= 0.3 is 0 Å². The number of nitrogens with two attached hydrogens (primary N) is 1. The maximum atomic E-state index is 13.3. The molecule has 1 saturated heterocycles. The molecular weight excluding hydrogens is 640 g/mol. The molecule has 0 radical (unpaired) electrons. The molecule has 9 N–H and O–H groups in total. The highest BCUT2D eigenvalue weighted by molar-refractivity contribution is 5.96. The van der Waals surface area contributed by atoms with Crippen molar-refractivity contribution >= 4 is 47.3 Å². The molecule has 272 valence electrons. The van der Waals surface area contributed by atoms with Crippen molar-refractivity contribution in [3.8, 4) is 0 Å². The molecule has 1 aliphatic rings. The molecule has 2 rings (SSSR count). The van der Waals surface area contributed by atoms with Crippen LogP contribution in [0.4, 0.5) is 0 Å². The number of rotatable bonds is 17. The predicted octanol–water partition coefficient (Wildman–Crippen LogP) is -2.66. The number of imidazole rings is 1. The quantitative estimate of drug-likeness (QED) is 0.0847. The van der Waals surface area contributed by atoms with Gasteiger partial charge in [0.1, 0.15) is 36.3 Å². The van der Waals surface area contributed by atoms with Crippen LogP contribution < -0.4 is 37.6 Å². The molecule has 2 heterocycles. The Labute approximate surface area is 285 Å². The van der Waals surface area contributed by atoms with Gasteiger partial charge in [-0.05, 0) is 38.5 Å². The molecule has 18 nitrogen and oxygen atoms in total. The van der Waals surface area contributed by atoms with Gasteiger partial charge in [-0.2, -0.15) is 0 Å². The van der Waals surface area contributed by atoms with Crippen molar-refractivity contribution in [1.82, 2.24) is 46.8 Å². The molecule has 1 fully saturated rings. The summed E-state index contributed by atoms with van der Waals surface area (Å²) in [4.78, 5) is 109. The largest absolute Gasteiger partial charge is 0.368 e. The lowest BCUT2D eigenvalue weighted by atomic mass is 10.0. The molecule has 6 atom stereocenters. The smallest absolute Gasteiger partial charge is 0.243 e. The summed E-state index contributed by atoms with van der Waals surface area (Å²) in [5, 5.41) is 15.4. The van der Waals surface area contributed by atoms with E-state index in [4.69, 9.17) is 5.73 Å². The molecule has 49 heavy (non-hydrogen) atoms. The number of likely N-dealkylation sites (tertiary alicyclic amines) is 1. The van der Waals surface area contributed by atoms with Crippen molar-refractivity contribution in [3.63, 3.8) is 0 Å². The highest BCUT2D eigenvalue weighted by Gasteiger charge is 2.37. The number of aromatic nitrogens is 2. The lowest BCUT2D eigenvalue weighted by Gasteiger charge is -2.28. The van der Waals surface area contributed by atoms with Gasteiger partial charge in [-0.15, -0.1) is 0 Å². The molecular formula is C31H50N10O8. The Morgan fingerprint density at radius 2 is 1.43 bits per heavy atom. The van der Waals surface area contributed by atoms with Crippen molar-refractivity contribution in [1.29, 1.82) is 0 Å². The van der Waals surface area contributed by atoms with E-state index in [1.165, 1.54) is 38.2 Å². The van der Waals surface area contributed by atoms with E-state index in [9.17, 15) is 38.4 Å². The van der Waals surface area contributed by atoms with Crippen LogP contribution in [0, 0.1) is 11.8 Å². The van der Waals surface area contributed by atoms with Crippen LogP contribution in [0.25, 0.3) is 0 Å². The fraction of sp³-hybridized carbons (Fsp3) is 0.645. The number of hydrogen-bond acceptors (Lipinski definition) is 9. The number of nitrogens with zero attached hydrogens (tertiary/aromatic N) is 2. The lowest BCUT2D eigenvalue weighted by Crippen LogP contribution is -2.58. The number of carbonyl (C=O) groups is 8. The third kappa shape index (κ3) is 12.2. The van der Waals surface area contributed by atoms with Crippen LogP contribution in [0.2, 0.25) is 0 Å². The van der Waals surface area contributed by atoms with E-state index in [0.717, 1.165) is 0 Å². The fourth-order valence-electron chi connectivity index (χ4n) is 5.13. The average molecular weight is 691 g/mol. The van der Waals surface area contributed by atoms with Gasteiger partial charge in [0.2, 0.25) is 47.3 Å². The topological polar surface area (TPSA) is 267 Å². The average Bonchev–Trinajstić information content (AvgIpc) is 3.72. The van der Waals surface area contributed by atoms with Gasteiger partial charge in [-0.25, -0.2) is 4.98 Å². The molecule has 18 heteroatoms. The minimum atomic E-state index is -1.14. The summed E-state index contributed by atoms with van der Waals surface area (Å²) in [5.41, 5.74) is 5.76. The maximum absolute atomic E-state index is 13.3. The number of nitrogens with one attached hydrogen (secondary N) is 7. The zero-order valence-corrected chi connectivity index (χ0v) is 29.0. The van der Waals surface area contributed by atoms with Crippen LogP contribution in [0.3, 0.4) is 0 Å². The highest BCUT2D eigenvalue weighted by Crippen LogP contribution is 2.18. The van der Waals surface area contributed by atoms with Gasteiger partial charge in [0.25, 0.3) is 0 Å². The van der Waals surface area contributed by atoms with E-state index in [2.05, 4.69) is 41.9 Å². The summed E-state index contributed by atoms with van der Waals surface area (Å²) in [6, 6.07) is -5.98. The predicted molar refractivity (Wildman–Crippen MR) is 176 cm³/mol. The summed E-state index contributed by atoms with van der Waals surface area (Å²) < 4.78 is 0. The minimum absolute atomic E-state index is 0.0111. The molecule has 0 spiro atoms. The summed E-state index contributed by atoms with van der Waals surface area (Å²) in [5.74, 6) is -5.41. The first-order valence-corrected chi connectivity index (χ1v) is 16.2. The van der Waals surface area contributed by atoms with Crippen molar-refractivity contribution in [2.45, 2.75) is 104 Å². The maximum Gasteiger partial charge on any atom is 0.243 e. The first-order chi connectivity index (χ1) is 22.9. The standard InChI is InChI=1S/C31H50N10O8/c1-15(2)24(38-19(7)42)31(49)39-21(11-20-12-33-14-35-20)28(46)37-18(6)27(45)34-13-23(43)41-10-8-9-22(41)29(47)40-25(16(3)4)30(48)36-17(5)26(32)44/h12,14-18,21-22,24-25H,8-11,13H2,1-7H3,(H2,32,44)(H,33,35)(H,34,45)(H,36,48)(H,37,46)(H,38,42)(H,39,49)(H,40,47)/t17-,18-,21-,22-,24-,25-/m0/s1. The van der Waals surface area contributed by atoms with Gasteiger partial charge in [0.15, 0.2) is 0 Å². The normalized spacial score (nSPS) is 17.2. The van der Waals surface area contributed by atoms with E-state index in [-0.39, 0.29) is 24.8 Å². The first kappa shape index (κ1) is 40.1. The van der Waals surface area contributed by atoms with Gasteiger partial charge in [0.05, 0.1) is 12.9 Å². The molecule has 0 saturated carbocycles. The second kappa shape index (κ2) is 18.5. The Balaban J connectivity index is 2.01. The summed E-state index contributed by atoms with van der Waals surface area (Å²) in [6.45, 7) is 10.8. The molecule has 1 aromatic heterocycles. The molecule has 0 aliphatic carbocycles. The summed E-state index contributed by atoms with van der Waals surface area (Å²) in [7, 11) is 0. The van der Waals surface area contributed by atoms with Gasteiger partial charge in [0, 0.05) is 31.8 Å². The van der Waals surface area contributed by atoms with E-state index in [0.29, 0.717) is 18.5 Å². The molecule has 0 aromatic carbocycles. The fourth-order valence-corrected chi connectivity index (χ4v) is 5.13. The number of H-pyrrole nitrogens is 1. The number of hydrogen-bond donors (Lipinski definition) is 8. The lowest BCUT2D eigenvalue weighted by molar-refractivity contribution is -0.140. The SMILES string of the molecule is CC(=O)N[C@H](C(=O)N[C@@H](Cc1cnc[nH]1)C(=O)N[C@@H](C)C(=O)NCC(=O)N1CCC[C@H]1C(=O)N[C@H](C(=O)N[C@@H](C)C(N)=O)C(C)C)C(C)C. The van der Waals surface area contributed by atoms with Gasteiger partial charge < -0.3 is 47.5 Å². The zero-order valence-electron chi connectivity index (χ0n) is 29.0. The Kier molecular flexibility index (Phi) is 15.2. The van der Waals surface area contributed by atoms with Gasteiger partial charge in [-0.3, -0.25) is 38.4 Å². The van der Waals surface area contributed by atoms with Crippen LogP contribution in [0.1, 0.15) is 67.0 Å². The first-order valence-electron chi connectivity index (χ1n) is 16.2. The van der Waals surface area contributed by atoms with Crippen LogP contribution >= 0.6 is 0 Å². The van der Waals surface area contributed by atoms with E-state index in [1.54, 1.807) is 27.7 Å². The van der Waals surface area contributed by atoms with Crippen LogP contribution in [-0.4, -0.2) is 111 Å². The summed E-state index contributed by atoms with van der Waals surface area (Å²) in [6.07, 6.45) is 3.76. The Morgan fingerprint density at radius 3 is 1.98 bits per heavy atom. The molecule has 1 aromatic rings. The van der Waals surface area contributed by atoms with E-state index >= 15 is 0 Å². The van der Waals surface area contributed by atoms with E-state index in [1.807, 2.05) is 0 Å². The van der Waals surface area contributed by atoms with Crippen molar-refractivity contribution in [2.24, 2.45) is 17.6 Å². The Morgan fingerprint density at radius 1 is 0.837 bits per heavy atom. The van der Waals surface area contributed by atoms with E-state index < -0.39 is 90.1 Å². The number of carbonyl (C=O) groups excluding carboxylic acids is 8. The van der Waals surface area contributed by atoms with Crippen LogP contribution in [-0.2, 0) is 44.8 Å². The van der Waals surface area contributed by atoms with Crippen molar-refractivity contribution in [3.05, 3.63) is 18.2 Å². The van der Waals surface area contributed by atoms with Crippen LogP contribution in [0.15, 0.2) is 12.5 Å². The minimum Gasteiger partial charge on any atom is -0.368 e. The van der Waals surface area contributed by atoms with Crippen LogP contribution in [0.5, 0.6) is 0 Å². The third-order valence-corrected chi connectivity index (χ3v) is 7.99. The number of amides is 8. The van der Waals surface area contributed by atoms with Crippen molar-refractivity contribution < 1.29 is 38.4 Å². The molecule has 0 unspecified atom stereocenters. The molecule has 8 amide bonds. The monoisotopic (exact) mass is 690 g/mol. The highest BCUT2D eigenvalue weighted by atomic mass is 16.2. The zero-order chi connectivity index (χ0) is 37.0. The second-order valence-electron chi connectivity index (χ2n) is 12.8. The Hall–Kier alpha value is -5.03. The number of primary amides is 1. The summed E-state index contributed by atoms with van der Waals surface area (Å²) >= 11 is 0. The Bertz CT molecular complexity index is 1370. The molecule has 1 aliphatic heterocycles. The van der Waals surface area contributed by atoms with Gasteiger partial charge in [-0.1, -0.05) is 27.7 Å². The molecule has 0 bridgehead atoms. The second-order valence-corrected chi connectivity index (χ2v) is 12.8. The third-order valence-electron chi connectivity index (χ3n) is 7.99. The van der Waals surface area contributed by atoms with Crippen molar-refractivity contribution in [2.75, 3.05) is 13.1 Å². The number of aromatic amines is 1.